The third kappa shape index (κ3) is 3.61. The van der Waals surface area contributed by atoms with Crippen molar-refractivity contribution in [3.63, 3.8) is 0 Å². The summed E-state index contributed by atoms with van der Waals surface area (Å²) >= 11 is 0. The molecule has 0 saturated carbocycles. The Bertz CT molecular complexity index is 226. The van der Waals surface area contributed by atoms with E-state index in [1.807, 2.05) is 37.3 Å². The molecule has 3 heteroatoms. The molecule has 0 amide bonds. The molecule has 1 rings (SSSR count). The second kappa shape index (κ2) is 5.78. The monoisotopic (exact) mass is 196 g/mol. The normalized spacial score (nSPS) is 12.5. The number of hydrogen-bond acceptors (Lipinski definition) is 2. The molecule has 0 fully saturated rings. The molecule has 1 aromatic rings. The van der Waals surface area contributed by atoms with Crippen molar-refractivity contribution in [2.24, 2.45) is 0 Å². The summed E-state index contributed by atoms with van der Waals surface area (Å²) in [5.41, 5.74) is 0. The standard InChI is InChI=1S/C10H16O2Si/c1-3-11-13(4-2)12-10-8-6-5-7-9-10/h5-9,13H,3-4H2,1-2H3. The summed E-state index contributed by atoms with van der Waals surface area (Å²) in [5, 5.41) is 0. The maximum Gasteiger partial charge on any atom is 0.382 e. The van der Waals surface area contributed by atoms with E-state index in [-0.39, 0.29) is 0 Å². The Morgan fingerprint density at radius 1 is 1.15 bits per heavy atom. The van der Waals surface area contributed by atoms with Crippen LogP contribution in [0.15, 0.2) is 30.3 Å². The maximum absolute atomic E-state index is 5.72. The van der Waals surface area contributed by atoms with E-state index in [4.69, 9.17) is 8.85 Å². The minimum Gasteiger partial charge on any atom is -0.522 e. The van der Waals surface area contributed by atoms with Gasteiger partial charge < -0.3 is 8.85 Å². The van der Waals surface area contributed by atoms with Crippen molar-refractivity contribution in [2.45, 2.75) is 19.9 Å². The second-order valence-electron chi connectivity index (χ2n) is 2.72. The van der Waals surface area contributed by atoms with E-state index >= 15 is 0 Å². The molecule has 0 N–H and O–H groups in total. The molecule has 1 aromatic carbocycles. The van der Waals surface area contributed by atoms with Crippen LogP contribution in [0.1, 0.15) is 13.8 Å². The fourth-order valence-corrected chi connectivity index (χ4v) is 2.37. The minimum absolute atomic E-state index is 0.748. The summed E-state index contributed by atoms with van der Waals surface area (Å²) in [5.74, 6) is 0.925. The number of benzene rings is 1. The van der Waals surface area contributed by atoms with E-state index < -0.39 is 9.28 Å². The van der Waals surface area contributed by atoms with E-state index in [0.29, 0.717) is 0 Å². The van der Waals surface area contributed by atoms with Crippen LogP contribution >= 0.6 is 0 Å². The van der Waals surface area contributed by atoms with Crippen molar-refractivity contribution < 1.29 is 8.85 Å². The molecule has 0 aliphatic heterocycles. The Kier molecular flexibility index (Phi) is 4.57. The van der Waals surface area contributed by atoms with Crippen LogP contribution in [0.25, 0.3) is 0 Å². The van der Waals surface area contributed by atoms with Gasteiger partial charge in [0.15, 0.2) is 0 Å². The summed E-state index contributed by atoms with van der Waals surface area (Å²) in [7, 11) is -1.44. The lowest BCUT2D eigenvalue weighted by Gasteiger charge is -2.14. The fraction of sp³-hybridized carbons (Fsp3) is 0.400. The SMILES string of the molecule is CCO[SiH](CC)Oc1ccccc1. The van der Waals surface area contributed by atoms with Crippen LogP contribution in [-0.2, 0) is 4.43 Å². The number of rotatable bonds is 5. The summed E-state index contributed by atoms with van der Waals surface area (Å²) < 4.78 is 11.2. The molecule has 0 radical (unpaired) electrons. The molecule has 0 heterocycles. The summed E-state index contributed by atoms with van der Waals surface area (Å²) in [6.07, 6.45) is 0. The van der Waals surface area contributed by atoms with Crippen LogP contribution in [0.5, 0.6) is 5.75 Å². The Balaban J connectivity index is 2.46. The Hall–Kier alpha value is -0.803. The minimum atomic E-state index is -1.44. The lowest BCUT2D eigenvalue weighted by molar-refractivity contribution is 0.282. The van der Waals surface area contributed by atoms with Gasteiger partial charge in [-0.15, -0.1) is 0 Å². The van der Waals surface area contributed by atoms with Gasteiger partial charge in [0.2, 0.25) is 0 Å². The average Bonchev–Trinajstić information content (AvgIpc) is 2.19. The molecule has 0 bridgehead atoms. The van der Waals surface area contributed by atoms with E-state index in [9.17, 15) is 0 Å². The highest BCUT2D eigenvalue weighted by Crippen LogP contribution is 2.11. The van der Waals surface area contributed by atoms with Crippen molar-refractivity contribution in [3.05, 3.63) is 30.3 Å². The van der Waals surface area contributed by atoms with Gasteiger partial charge in [0.1, 0.15) is 5.75 Å². The van der Waals surface area contributed by atoms with Crippen molar-refractivity contribution in [3.8, 4) is 5.75 Å². The van der Waals surface area contributed by atoms with Gasteiger partial charge in [0.25, 0.3) is 0 Å². The van der Waals surface area contributed by atoms with Crippen molar-refractivity contribution in [1.82, 2.24) is 0 Å². The smallest absolute Gasteiger partial charge is 0.382 e. The highest BCUT2D eigenvalue weighted by atomic mass is 28.3. The van der Waals surface area contributed by atoms with Crippen LogP contribution in [0.4, 0.5) is 0 Å². The Labute approximate surface area is 81.3 Å². The van der Waals surface area contributed by atoms with Crippen LogP contribution in [-0.4, -0.2) is 15.9 Å². The summed E-state index contributed by atoms with van der Waals surface area (Å²) in [4.78, 5) is 0. The molecule has 0 aliphatic rings. The molecule has 1 atom stereocenters. The molecular weight excluding hydrogens is 180 g/mol. The van der Waals surface area contributed by atoms with Crippen molar-refractivity contribution in [1.29, 1.82) is 0 Å². The molecule has 0 spiro atoms. The van der Waals surface area contributed by atoms with Crippen LogP contribution in [0, 0.1) is 0 Å². The number of para-hydroxylation sites is 1. The van der Waals surface area contributed by atoms with Crippen LogP contribution < -0.4 is 4.43 Å². The van der Waals surface area contributed by atoms with E-state index in [2.05, 4.69) is 6.92 Å². The van der Waals surface area contributed by atoms with Gasteiger partial charge in [-0.25, -0.2) is 0 Å². The zero-order chi connectivity index (χ0) is 9.52. The summed E-state index contributed by atoms with van der Waals surface area (Å²) in [6.45, 7) is 4.86. The molecule has 13 heavy (non-hydrogen) atoms. The lowest BCUT2D eigenvalue weighted by Crippen LogP contribution is -2.25. The van der Waals surface area contributed by atoms with E-state index in [1.54, 1.807) is 0 Å². The molecule has 0 aromatic heterocycles. The third-order valence-electron chi connectivity index (χ3n) is 1.70. The maximum atomic E-state index is 5.72. The third-order valence-corrected chi connectivity index (χ3v) is 3.60. The highest BCUT2D eigenvalue weighted by molar-refractivity contribution is 6.45. The molecule has 2 nitrogen and oxygen atoms in total. The second-order valence-corrected chi connectivity index (χ2v) is 4.97. The van der Waals surface area contributed by atoms with Gasteiger partial charge in [-0.3, -0.25) is 0 Å². The molecule has 0 saturated heterocycles. The summed E-state index contributed by atoms with van der Waals surface area (Å²) in [6, 6.07) is 10.9. The topological polar surface area (TPSA) is 18.5 Å². The van der Waals surface area contributed by atoms with Gasteiger partial charge in [-0.2, -0.15) is 0 Å². The average molecular weight is 196 g/mol. The highest BCUT2D eigenvalue weighted by Gasteiger charge is 2.10. The van der Waals surface area contributed by atoms with Gasteiger partial charge in [0.05, 0.1) is 0 Å². The first-order valence-corrected chi connectivity index (χ1v) is 6.46. The fourth-order valence-electron chi connectivity index (χ4n) is 1.07. The zero-order valence-electron chi connectivity index (χ0n) is 8.19. The van der Waals surface area contributed by atoms with E-state index in [1.165, 1.54) is 0 Å². The van der Waals surface area contributed by atoms with E-state index in [0.717, 1.165) is 18.4 Å². The quantitative estimate of drug-likeness (QED) is 0.673. The molecular formula is C10H16O2Si. The largest absolute Gasteiger partial charge is 0.522 e. The van der Waals surface area contributed by atoms with Gasteiger partial charge in [-0.1, -0.05) is 25.1 Å². The molecule has 1 unspecified atom stereocenters. The van der Waals surface area contributed by atoms with Crippen molar-refractivity contribution in [2.75, 3.05) is 6.61 Å². The lowest BCUT2D eigenvalue weighted by atomic mass is 10.3. The first kappa shape index (κ1) is 10.3. The first-order valence-electron chi connectivity index (χ1n) is 4.70. The molecule has 72 valence electrons. The van der Waals surface area contributed by atoms with Gasteiger partial charge in [0, 0.05) is 6.61 Å². The van der Waals surface area contributed by atoms with Gasteiger partial charge in [-0.05, 0) is 25.1 Å². The zero-order valence-corrected chi connectivity index (χ0v) is 9.35. The Morgan fingerprint density at radius 3 is 2.38 bits per heavy atom. The predicted molar refractivity (Wildman–Crippen MR) is 56.3 cm³/mol. The van der Waals surface area contributed by atoms with Crippen molar-refractivity contribution >= 4 is 9.28 Å². The predicted octanol–water partition coefficient (Wildman–Crippen LogP) is 2.34. The van der Waals surface area contributed by atoms with Crippen LogP contribution in [0.3, 0.4) is 0 Å². The first-order chi connectivity index (χ1) is 6.36. The Morgan fingerprint density at radius 2 is 1.85 bits per heavy atom. The van der Waals surface area contributed by atoms with Gasteiger partial charge >= 0.3 is 9.28 Å². The molecule has 0 aliphatic carbocycles. The van der Waals surface area contributed by atoms with Crippen LogP contribution in [0.2, 0.25) is 6.04 Å². The number of hydrogen-bond donors (Lipinski definition) is 0.